The fourth-order valence-electron chi connectivity index (χ4n) is 2.30. The first-order valence-electron chi connectivity index (χ1n) is 7.81. The van der Waals surface area contributed by atoms with Gasteiger partial charge in [0.1, 0.15) is 23.2 Å². The third kappa shape index (κ3) is 4.70. The molecule has 2 aromatic carbocycles. The molecule has 140 valence electrons. The molecule has 0 saturated heterocycles. The number of hydrogen-bond donors (Lipinski definition) is 1. The van der Waals surface area contributed by atoms with Crippen molar-refractivity contribution >= 4 is 64.1 Å². The number of nitrogens with zero attached hydrogens (tertiary/aromatic N) is 1. The third-order valence-corrected chi connectivity index (χ3v) is 5.14. The van der Waals surface area contributed by atoms with E-state index in [0.717, 1.165) is 0 Å². The molecule has 8 heteroatoms. The van der Waals surface area contributed by atoms with Crippen LogP contribution in [0.5, 0.6) is 0 Å². The number of amides is 1. The Bertz CT molecular complexity index is 1130. The van der Waals surface area contributed by atoms with Gasteiger partial charge in [-0.3, -0.25) is 4.79 Å². The van der Waals surface area contributed by atoms with Gasteiger partial charge in [-0.1, -0.05) is 46.4 Å². The van der Waals surface area contributed by atoms with Crippen molar-refractivity contribution in [2.45, 2.75) is 0 Å². The van der Waals surface area contributed by atoms with E-state index in [2.05, 4.69) is 5.32 Å². The first kappa shape index (κ1) is 20.3. The Kier molecular flexibility index (Phi) is 6.33. The van der Waals surface area contributed by atoms with Crippen molar-refractivity contribution in [1.29, 1.82) is 5.26 Å². The second kappa shape index (κ2) is 8.72. The predicted octanol–water partition coefficient (Wildman–Crippen LogP) is 7.11. The summed E-state index contributed by atoms with van der Waals surface area (Å²) < 4.78 is 5.68. The van der Waals surface area contributed by atoms with Gasteiger partial charge in [-0.05, 0) is 48.5 Å². The van der Waals surface area contributed by atoms with Crippen molar-refractivity contribution in [3.05, 3.63) is 80.0 Å². The van der Waals surface area contributed by atoms with Crippen LogP contribution in [0.1, 0.15) is 5.76 Å². The SMILES string of the molecule is N#C/C(=C\c1ccc(-c2ccc(Cl)c(Cl)c2)o1)C(=O)Nc1ccc(Cl)c(Cl)c1. The van der Waals surface area contributed by atoms with Gasteiger partial charge in [0.2, 0.25) is 0 Å². The molecule has 0 aliphatic rings. The molecule has 0 unspecified atom stereocenters. The molecule has 1 amide bonds. The minimum absolute atomic E-state index is 0.138. The maximum atomic E-state index is 12.4. The smallest absolute Gasteiger partial charge is 0.266 e. The first-order chi connectivity index (χ1) is 13.4. The highest BCUT2D eigenvalue weighted by atomic mass is 35.5. The van der Waals surface area contributed by atoms with Crippen LogP contribution in [0.15, 0.2) is 58.5 Å². The summed E-state index contributed by atoms with van der Waals surface area (Å²) >= 11 is 23.7. The average molecular weight is 452 g/mol. The standard InChI is InChI=1S/C20H10Cl4N2O2/c21-15-4-1-11(8-17(15)23)19-6-3-14(28-19)7-12(10-25)20(27)26-13-2-5-16(22)18(24)9-13/h1-9H,(H,26,27)/b12-7+. The quantitative estimate of drug-likeness (QED) is 0.339. The lowest BCUT2D eigenvalue weighted by molar-refractivity contribution is -0.112. The number of benzene rings is 2. The summed E-state index contributed by atoms with van der Waals surface area (Å²) in [6.45, 7) is 0. The van der Waals surface area contributed by atoms with E-state index in [1.807, 2.05) is 6.07 Å². The van der Waals surface area contributed by atoms with Crippen LogP contribution >= 0.6 is 46.4 Å². The normalized spacial score (nSPS) is 11.2. The molecule has 4 nitrogen and oxygen atoms in total. The Morgan fingerprint density at radius 2 is 1.61 bits per heavy atom. The summed E-state index contributed by atoms with van der Waals surface area (Å²) in [7, 11) is 0. The highest BCUT2D eigenvalue weighted by Gasteiger charge is 2.13. The summed E-state index contributed by atoms with van der Waals surface area (Å²) in [5.41, 5.74) is 0.991. The summed E-state index contributed by atoms with van der Waals surface area (Å²) in [5.74, 6) is 0.252. The van der Waals surface area contributed by atoms with E-state index in [1.54, 1.807) is 42.5 Å². The number of furan rings is 1. The molecule has 0 aliphatic carbocycles. The second-order valence-electron chi connectivity index (χ2n) is 5.58. The predicted molar refractivity (Wildman–Crippen MR) is 113 cm³/mol. The molecule has 0 fully saturated rings. The van der Waals surface area contributed by atoms with Crippen LogP contribution in [0.25, 0.3) is 17.4 Å². The molecule has 1 aromatic heterocycles. The van der Waals surface area contributed by atoms with Crippen LogP contribution in [-0.4, -0.2) is 5.91 Å². The van der Waals surface area contributed by atoms with Crippen molar-refractivity contribution in [1.82, 2.24) is 0 Å². The zero-order valence-corrected chi connectivity index (χ0v) is 17.0. The molecule has 1 heterocycles. The Morgan fingerprint density at radius 1 is 0.929 bits per heavy atom. The number of rotatable bonds is 4. The first-order valence-corrected chi connectivity index (χ1v) is 9.32. The van der Waals surface area contributed by atoms with Gasteiger partial charge < -0.3 is 9.73 Å². The van der Waals surface area contributed by atoms with E-state index < -0.39 is 5.91 Å². The molecule has 1 N–H and O–H groups in total. The number of nitriles is 1. The Hall–Kier alpha value is -2.42. The van der Waals surface area contributed by atoms with Gasteiger partial charge in [0.25, 0.3) is 5.91 Å². The lowest BCUT2D eigenvalue weighted by atomic mass is 10.2. The van der Waals surface area contributed by atoms with Crippen LogP contribution in [0.4, 0.5) is 5.69 Å². The molecular formula is C20H10Cl4N2O2. The summed E-state index contributed by atoms with van der Waals surface area (Å²) in [6, 6.07) is 14.9. The van der Waals surface area contributed by atoms with E-state index in [9.17, 15) is 10.1 Å². The van der Waals surface area contributed by atoms with E-state index in [-0.39, 0.29) is 5.57 Å². The van der Waals surface area contributed by atoms with E-state index in [1.165, 1.54) is 12.1 Å². The maximum absolute atomic E-state index is 12.4. The number of anilines is 1. The van der Waals surface area contributed by atoms with Gasteiger partial charge in [0.15, 0.2) is 0 Å². The lowest BCUT2D eigenvalue weighted by Crippen LogP contribution is -2.13. The molecule has 0 bridgehead atoms. The van der Waals surface area contributed by atoms with Crippen LogP contribution in [0.2, 0.25) is 20.1 Å². The lowest BCUT2D eigenvalue weighted by Gasteiger charge is -2.05. The maximum Gasteiger partial charge on any atom is 0.266 e. The highest BCUT2D eigenvalue weighted by Crippen LogP contribution is 2.30. The zero-order chi connectivity index (χ0) is 20.3. The molecule has 0 radical (unpaired) electrons. The van der Waals surface area contributed by atoms with Crippen molar-refractivity contribution in [3.63, 3.8) is 0 Å². The molecule has 0 saturated carbocycles. The minimum atomic E-state index is -0.603. The van der Waals surface area contributed by atoms with Gasteiger partial charge in [0.05, 0.1) is 20.1 Å². The van der Waals surface area contributed by atoms with E-state index >= 15 is 0 Å². The number of hydrogen-bond acceptors (Lipinski definition) is 3. The highest BCUT2D eigenvalue weighted by molar-refractivity contribution is 6.42. The molecule has 0 aliphatic heterocycles. The monoisotopic (exact) mass is 450 g/mol. The largest absolute Gasteiger partial charge is 0.457 e. The van der Waals surface area contributed by atoms with Crippen LogP contribution in [-0.2, 0) is 4.79 Å². The van der Waals surface area contributed by atoms with E-state index in [4.69, 9.17) is 50.8 Å². The summed E-state index contributed by atoms with van der Waals surface area (Å²) in [4.78, 5) is 12.4. The van der Waals surface area contributed by atoms with Crippen molar-refractivity contribution < 1.29 is 9.21 Å². The Balaban J connectivity index is 1.81. The fourth-order valence-corrected chi connectivity index (χ4v) is 2.89. The topological polar surface area (TPSA) is 66.0 Å². The average Bonchev–Trinajstić information content (AvgIpc) is 3.13. The number of halogens is 4. The van der Waals surface area contributed by atoms with Gasteiger partial charge in [-0.15, -0.1) is 0 Å². The van der Waals surface area contributed by atoms with Crippen molar-refractivity contribution in [2.75, 3.05) is 5.32 Å². The number of carbonyl (C=O) groups is 1. The summed E-state index contributed by atoms with van der Waals surface area (Å²) in [6.07, 6.45) is 1.34. The van der Waals surface area contributed by atoms with Crippen molar-refractivity contribution in [2.24, 2.45) is 0 Å². The Morgan fingerprint density at radius 3 is 2.25 bits per heavy atom. The molecule has 0 atom stereocenters. The Labute approximate surface area is 180 Å². The van der Waals surface area contributed by atoms with Gasteiger partial charge in [0, 0.05) is 17.3 Å². The van der Waals surface area contributed by atoms with Crippen LogP contribution in [0.3, 0.4) is 0 Å². The van der Waals surface area contributed by atoms with Gasteiger partial charge >= 0.3 is 0 Å². The number of carbonyl (C=O) groups excluding carboxylic acids is 1. The van der Waals surface area contributed by atoms with Crippen LogP contribution < -0.4 is 5.32 Å². The molecule has 28 heavy (non-hydrogen) atoms. The number of nitrogens with one attached hydrogen (secondary N) is 1. The third-order valence-electron chi connectivity index (χ3n) is 3.66. The van der Waals surface area contributed by atoms with Crippen LogP contribution in [0, 0.1) is 11.3 Å². The van der Waals surface area contributed by atoms with Gasteiger partial charge in [-0.2, -0.15) is 5.26 Å². The molecule has 3 aromatic rings. The van der Waals surface area contributed by atoms with E-state index in [0.29, 0.717) is 42.9 Å². The molecular weight excluding hydrogens is 442 g/mol. The molecule has 3 rings (SSSR count). The molecule has 0 spiro atoms. The van der Waals surface area contributed by atoms with Crippen molar-refractivity contribution in [3.8, 4) is 17.4 Å². The second-order valence-corrected chi connectivity index (χ2v) is 7.21. The zero-order valence-electron chi connectivity index (χ0n) is 14.0. The summed E-state index contributed by atoms with van der Waals surface area (Å²) in [5, 5.41) is 13.4. The minimum Gasteiger partial charge on any atom is -0.457 e. The van der Waals surface area contributed by atoms with Gasteiger partial charge in [-0.25, -0.2) is 0 Å². The fraction of sp³-hybridized carbons (Fsp3) is 0.